The van der Waals surface area contributed by atoms with Gasteiger partial charge in [-0.15, -0.1) is 0 Å². The van der Waals surface area contributed by atoms with Gasteiger partial charge in [0.15, 0.2) is 0 Å². The lowest BCUT2D eigenvalue weighted by molar-refractivity contribution is -0.142. The van der Waals surface area contributed by atoms with Crippen molar-refractivity contribution in [2.45, 2.75) is 43.6 Å². The van der Waals surface area contributed by atoms with Crippen molar-refractivity contribution in [1.29, 1.82) is 0 Å². The molecule has 1 fully saturated rings. The van der Waals surface area contributed by atoms with Gasteiger partial charge >= 0.3 is 5.97 Å². The molecule has 7 nitrogen and oxygen atoms in total. The fraction of sp³-hybridized carbons (Fsp3) is 0.281. The average molecular weight is 559 g/mol. The molecule has 1 aliphatic carbocycles. The van der Waals surface area contributed by atoms with E-state index in [-0.39, 0.29) is 12.3 Å². The molecule has 8 heteroatoms. The minimum Gasteiger partial charge on any atom is -0.496 e. The molecule has 1 aliphatic rings. The van der Waals surface area contributed by atoms with Crippen molar-refractivity contribution in [2.24, 2.45) is 0 Å². The lowest BCUT2D eigenvalue weighted by Gasteiger charge is -2.30. The van der Waals surface area contributed by atoms with Crippen LogP contribution in [0.3, 0.4) is 0 Å². The van der Waals surface area contributed by atoms with E-state index in [0.717, 1.165) is 40.4 Å². The highest BCUT2D eigenvalue weighted by molar-refractivity contribution is 6.30. The number of nitrogens with zero attached hydrogens (tertiary/aromatic N) is 1. The van der Waals surface area contributed by atoms with E-state index in [1.807, 2.05) is 60.7 Å². The van der Waals surface area contributed by atoms with Gasteiger partial charge in [0.25, 0.3) is 0 Å². The second-order valence-corrected chi connectivity index (χ2v) is 10.6. The molecule has 206 valence electrons. The summed E-state index contributed by atoms with van der Waals surface area (Å²) >= 11 is 6.07. The molecule has 3 aromatic carbocycles. The van der Waals surface area contributed by atoms with Crippen molar-refractivity contribution < 1.29 is 24.2 Å². The van der Waals surface area contributed by atoms with Gasteiger partial charge in [0.05, 0.1) is 36.4 Å². The number of hydrogen-bond acceptors (Lipinski definition) is 5. The summed E-state index contributed by atoms with van der Waals surface area (Å²) in [6, 6.07) is 21.2. The maximum atomic E-state index is 13.6. The number of nitrogens with one attached hydrogen (secondary N) is 1. The Morgan fingerprint density at radius 2 is 1.65 bits per heavy atom. The van der Waals surface area contributed by atoms with Crippen LogP contribution in [0.2, 0.25) is 5.02 Å². The molecule has 4 aromatic rings. The molecular weight excluding hydrogens is 528 g/mol. The van der Waals surface area contributed by atoms with Crippen molar-refractivity contribution in [2.75, 3.05) is 14.2 Å². The molecule has 1 saturated carbocycles. The van der Waals surface area contributed by atoms with Gasteiger partial charge in [-0.2, -0.15) is 0 Å². The molecule has 0 saturated heterocycles. The highest BCUT2D eigenvalue weighted by Gasteiger charge is 2.43. The number of rotatable bonds is 9. The van der Waals surface area contributed by atoms with Crippen LogP contribution in [0.4, 0.5) is 0 Å². The second-order valence-electron chi connectivity index (χ2n) is 10.1. The standard InChI is InChI=1S/C32H31ClN2O5/c1-39-27-6-5-7-28(40-2)29(27)25-15-9-21-18-20(8-14-24(21)34-25)19-26(30(36)37)35-31(38)32(16-3-4-17-32)22-10-12-23(33)13-11-22/h5-15,18,26H,3-4,16-17,19H2,1-2H3,(H,35,38)(H,36,37). The predicted octanol–water partition coefficient (Wildman–Crippen LogP) is 6.20. The number of aliphatic carboxylic acids is 1. The first kappa shape index (κ1) is 27.5. The maximum Gasteiger partial charge on any atom is 0.326 e. The van der Waals surface area contributed by atoms with Crippen LogP contribution < -0.4 is 14.8 Å². The monoisotopic (exact) mass is 558 g/mol. The van der Waals surface area contributed by atoms with Gasteiger partial charge in [-0.05, 0) is 66.4 Å². The summed E-state index contributed by atoms with van der Waals surface area (Å²) in [5, 5.41) is 14.3. The van der Waals surface area contributed by atoms with Gasteiger partial charge in [-0.25, -0.2) is 9.78 Å². The largest absolute Gasteiger partial charge is 0.496 e. The van der Waals surface area contributed by atoms with Crippen molar-refractivity contribution in [3.05, 3.63) is 88.9 Å². The van der Waals surface area contributed by atoms with Crippen molar-refractivity contribution >= 4 is 34.4 Å². The molecule has 40 heavy (non-hydrogen) atoms. The second kappa shape index (κ2) is 11.6. The number of carboxylic acids is 1. The normalized spacial score (nSPS) is 15.0. The number of halogens is 1. The molecule has 1 atom stereocenters. The Labute approximate surface area is 238 Å². The summed E-state index contributed by atoms with van der Waals surface area (Å²) in [6.07, 6.45) is 3.32. The van der Waals surface area contributed by atoms with E-state index in [4.69, 9.17) is 26.1 Å². The van der Waals surface area contributed by atoms with Gasteiger partial charge in [0.2, 0.25) is 5.91 Å². The van der Waals surface area contributed by atoms with Crippen molar-refractivity contribution in [1.82, 2.24) is 10.3 Å². The molecule has 0 bridgehead atoms. The summed E-state index contributed by atoms with van der Waals surface area (Å²) < 4.78 is 11.1. The number of carbonyl (C=O) groups is 2. The Bertz CT molecular complexity index is 1520. The lowest BCUT2D eigenvalue weighted by atomic mass is 9.77. The number of aromatic nitrogens is 1. The fourth-order valence-corrected chi connectivity index (χ4v) is 5.80. The highest BCUT2D eigenvalue weighted by atomic mass is 35.5. The van der Waals surface area contributed by atoms with E-state index in [1.165, 1.54) is 0 Å². The first-order chi connectivity index (χ1) is 19.3. The first-order valence-electron chi connectivity index (χ1n) is 13.3. The number of carboxylic acid groups (broad SMARTS) is 1. The van der Waals surface area contributed by atoms with E-state index in [1.54, 1.807) is 26.4 Å². The number of methoxy groups -OCH3 is 2. The van der Waals surface area contributed by atoms with Gasteiger partial charge in [0, 0.05) is 16.8 Å². The zero-order valence-electron chi connectivity index (χ0n) is 22.4. The fourth-order valence-electron chi connectivity index (χ4n) is 5.67. The Balaban J connectivity index is 1.39. The van der Waals surface area contributed by atoms with Crippen LogP contribution in [0.5, 0.6) is 11.5 Å². The molecule has 5 rings (SSSR count). The van der Waals surface area contributed by atoms with E-state index >= 15 is 0 Å². The van der Waals surface area contributed by atoms with E-state index < -0.39 is 17.4 Å². The molecule has 0 radical (unpaired) electrons. The molecule has 0 spiro atoms. The van der Waals surface area contributed by atoms with E-state index in [2.05, 4.69) is 5.32 Å². The Hall–Kier alpha value is -4.10. The van der Waals surface area contributed by atoms with Crippen LogP contribution in [0.1, 0.15) is 36.8 Å². The van der Waals surface area contributed by atoms with Crippen LogP contribution in [0, 0.1) is 0 Å². The van der Waals surface area contributed by atoms with Crippen LogP contribution >= 0.6 is 11.6 Å². The Morgan fingerprint density at radius 1 is 0.975 bits per heavy atom. The molecule has 1 heterocycles. The molecular formula is C32H31ClN2O5. The SMILES string of the molecule is COc1cccc(OC)c1-c1ccc2cc(CC(NC(=O)C3(c4ccc(Cl)cc4)CCCC3)C(=O)O)ccc2n1. The summed E-state index contributed by atoms with van der Waals surface area (Å²) in [4.78, 5) is 30.7. The third-order valence-electron chi connectivity index (χ3n) is 7.77. The Morgan fingerprint density at radius 3 is 2.27 bits per heavy atom. The van der Waals surface area contributed by atoms with Gasteiger partial charge < -0.3 is 19.9 Å². The molecule has 1 amide bonds. The maximum absolute atomic E-state index is 13.6. The number of benzene rings is 3. The zero-order chi connectivity index (χ0) is 28.3. The van der Waals surface area contributed by atoms with Gasteiger partial charge in [-0.1, -0.05) is 54.8 Å². The highest BCUT2D eigenvalue weighted by Crippen LogP contribution is 2.42. The summed E-state index contributed by atoms with van der Waals surface area (Å²) in [7, 11) is 3.21. The molecule has 0 aliphatic heterocycles. The van der Waals surface area contributed by atoms with Gasteiger partial charge in [0.1, 0.15) is 17.5 Å². The van der Waals surface area contributed by atoms with Crippen molar-refractivity contribution in [3.8, 4) is 22.8 Å². The quantitative estimate of drug-likeness (QED) is 0.254. The van der Waals surface area contributed by atoms with Crippen molar-refractivity contribution in [3.63, 3.8) is 0 Å². The molecule has 2 N–H and O–H groups in total. The molecule has 1 unspecified atom stereocenters. The number of hydrogen-bond donors (Lipinski definition) is 2. The summed E-state index contributed by atoms with van der Waals surface area (Å²) in [6.45, 7) is 0. The first-order valence-corrected chi connectivity index (χ1v) is 13.6. The number of pyridine rings is 1. The van der Waals surface area contributed by atoms with E-state index in [9.17, 15) is 14.7 Å². The zero-order valence-corrected chi connectivity index (χ0v) is 23.2. The number of ether oxygens (including phenoxy) is 2. The minimum atomic E-state index is -1.07. The predicted molar refractivity (Wildman–Crippen MR) is 155 cm³/mol. The summed E-state index contributed by atoms with van der Waals surface area (Å²) in [5.41, 5.74) is 3.12. The third-order valence-corrected chi connectivity index (χ3v) is 8.02. The van der Waals surface area contributed by atoms with Crippen LogP contribution in [-0.4, -0.2) is 42.2 Å². The van der Waals surface area contributed by atoms with Gasteiger partial charge in [-0.3, -0.25) is 4.79 Å². The summed E-state index contributed by atoms with van der Waals surface area (Å²) in [5.74, 6) is -0.0185. The number of amides is 1. The third kappa shape index (κ3) is 5.34. The number of fused-ring (bicyclic) bond motifs is 1. The smallest absolute Gasteiger partial charge is 0.326 e. The minimum absolute atomic E-state index is 0.149. The molecule has 1 aromatic heterocycles. The topological polar surface area (TPSA) is 97.8 Å². The Kier molecular flexibility index (Phi) is 7.94. The lowest BCUT2D eigenvalue weighted by Crippen LogP contribution is -2.50. The van der Waals surface area contributed by atoms with E-state index in [0.29, 0.717) is 35.1 Å². The average Bonchev–Trinajstić information content (AvgIpc) is 3.47. The van der Waals surface area contributed by atoms with Crippen LogP contribution in [-0.2, 0) is 21.4 Å². The number of carbonyl (C=O) groups excluding carboxylic acids is 1. The van der Waals surface area contributed by atoms with Crippen LogP contribution in [0.25, 0.3) is 22.2 Å². The van der Waals surface area contributed by atoms with Crippen LogP contribution in [0.15, 0.2) is 72.8 Å².